The molecular formula is C14H22N6. The number of aryl methyl sites for hydroxylation is 2. The van der Waals surface area contributed by atoms with Gasteiger partial charge in [-0.15, -0.1) is 0 Å². The van der Waals surface area contributed by atoms with E-state index >= 15 is 0 Å². The lowest BCUT2D eigenvalue weighted by atomic mass is 10.2. The number of nitrogens with one attached hydrogen (secondary N) is 1. The van der Waals surface area contributed by atoms with Gasteiger partial charge in [-0.1, -0.05) is 0 Å². The maximum atomic E-state index is 4.40. The molecule has 1 aliphatic rings. The van der Waals surface area contributed by atoms with Crippen LogP contribution in [0.5, 0.6) is 0 Å². The fraction of sp³-hybridized carbons (Fsp3) is 0.571. The molecule has 1 fully saturated rings. The summed E-state index contributed by atoms with van der Waals surface area (Å²) in [4.78, 5) is 9.36. The Hall–Kier alpha value is -1.66. The maximum absolute atomic E-state index is 4.40. The molecule has 0 saturated carbocycles. The van der Waals surface area contributed by atoms with E-state index in [1.165, 1.54) is 11.3 Å². The zero-order valence-electron chi connectivity index (χ0n) is 12.2. The Labute approximate surface area is 119 Å². The highest BCUT2D eigenvalue weighted by Crippen LogP contribution is 2.11. The minimum Gasteiger partial charge on any atom is -0.337 e. The van der Waals surface area contributed by atoms with Crippen molar-refractivity contribution in [1.29, 1.82) is 0 Å². The van der Waals surface area contributed by atoms with E-state index < -0.39 is 0 Å². The lowest BCUT2D eigenvalue weighted by Gasteiger charge is -2.34. The molecule has 1 saturated heterocycles. The van der Waals surface area contributed by atoms with Crippen LogP contribution >= 0.6 is 0 Å². The zero-order chi connectivity index (χ0) is 13.9. The average Bonchev–Trinajstić information content (AvgIpc) is 3.02. The summed E-state index contributed by atoms with van der Waals surface area (Å²) in [6.07, 6.45) is 5.82. The second-order valence-electron chi connectivity index (χ2n) is 5.53. The van der Waals surface area contributed by atoms with Crippen molar-refractivity contribution in [2.75, 3.05) is 26.2 Å². The van der Waals surface area contributed by atoms with Gasteiger partial charge in [-0.05, 0) is 6.92 Å². The van der Waals surface area contributed by atoms with E-state index in [0.717, 1.165) is 45.1 Å². The SMILES string of the molecule is Cc1[nH]ncc1CN1CCN(Cc2nccn2C)CC1. The van der Waals surface area contributed by atoms with Gasteiger partial charge in [0.1, 0.15) is 5.82 Å². The summed E-state index contributed by atoms with van der Waals surface area (Å²) in [5.41, 5.74) is 2.49. The third kappa shape index (κ3) is 2.91. The van der Waals surface area contributed by atoms with Crippen LogP contribution in [-0.2, 0) is 20.1 Å². The van der Waals surface area contributed by atoms with Gasteiger partial charge in [-0.3, -0.25) is 14.9 Å². The zero-order valence-corrected chi connectivity index (χ0v) is 12.2. The van der Waals surface area contributed by atoms with Gasteiger partial charge in [0.05, 0.1) is 12.7 Å². The van der Waals surface area contributed by atoms with Gasteiger partial charge in [-0.25, -0.2) is 4.98 Å². The molecule has 1 aliphatic heterocycles. The molecule has 0 aliphatic carbocycles. The molecule has 6 nitrogen and oxygen atoms in total. The fourth-order valence-electron chi connectivity index (χ4n) is 2.63. The first-order valence-corrected chi connectivity index (χ1v) is 7.12. The molecule has 0 radical (unpaired) electrons. The molecule has 2 aromatic heterocycles. The van der Waals surface area contributed by atoms with Crippen LogP contribution in [0, 0.1) is 6.92 Å². The van der Waals surface area contributed by atoms with Gasteiger partial charge in [-0.2, -0.15) is 5.10 Å². The number of aromatic nitrogens is 4. The first kappa shape index (κ1) is 13.3. The Bertz CT molecular complexity index is 499. The topological polar surface area (TPSA) is 53.0 Å². The summed E-state index contributed by atoms with van der Waals surface area (Å²) in [5.74, 6) is 1.14. The van der Waals surface area contributed by atoms with Gasteiger partial charge in [0.15, 0.2) is 0 Å². The maximum Gasteiger partial charge on any atom is 0.122 e. The monoisotopic (exact) mass is 274 g/mol. The van der Waals surface area contributed by atoms with Crippen molar-refractivity contribution in [1.82, 2.24) is 29.5 Å². The van der Waals surface area contributed by atoms with Gasteiger partial charge in [0.25, 0.3) is 0 Å². The van der Waals surface area contributed by atoms with E-state index in [9.17, 15) is 0 Å². The molecule has 3 rings (SSSR count). The number of hydrogen-bond donors (Lipinski definition) is 1. The van der Waals surface area contributed by atoms with Crippen molar-refractivity contribution in [3.05, 3.63) is 35.7 Å². The molecular weight excluding hydrogens is 252 g/mol. The smallest absolute Gasteiger partial charge is 0.122 e. The van der Waals surface area contributed by atoms with Crippen molar-refractivity contribution in [2.24, 2.45) is 7.05 Å². The van der Waals surface area contributed by atoms with Gasteiger partial charge in [0.2, 0.25) is 0 Å². The molecule has 20 heavy (non-hydrogen) atoms. The number of imidazole rings is 1. The molecule has 0 unspecified atom stereocenters. The van der Waals surface area contributed by atoms with Crippen molar-refractivity contribution >= 4 is 0 Å². The van der Waals surface area contributed by atoms with E-state index in [4.69, 9.17) is 0 Å². The highest BCUT2D eigenvalue weighted by molar-refractivity contribution is 5.14. The number of aromatic amines is 1. The van der Waals surface area contributed by atoms with Crippen molar-refractivity contribution in [2.45, 2.75) is 20.0 Å². The van der Waals surface area contributed by atoms with Crippen molar-refractivity contribution in [3.63, 3.8) is 0 Å². The quantitative estimate of drug-likeness (QED) is 0.895. The Morgan fingerprint density at radius 3 is 2.40 bits per heavy atom. The number of H-pyrrole nitrogens is 1. The third-order valence-corrected chi connectivity index (χ3v) is 4.08. The summed E-state index contributed by atoms with van der Waals surface area (Å²) < 4.78 is 2.10. The molecule has 108 valence electrons. The molecule has 0 bridgehead atoms. The van der Waals surface area contributed by atoms with Crippen LogP contribution in [0.15, 0.2) is 18.6 Å². The molecule has 0 amide bonds. The number of rotatable bonds is 4. The molecule has 1 N–H and O–H groups in total. The molecule has 6 heteroatoms. The van der Waals surface area contributed by atoms with Gasteiger partial charge >= 0.3 is 0 Å². The first-order valence-electron chi connectivity index (χ1n) is 7.12. The summed E-state index contributed by atoms with van der Waals surface area (Å²) in [7, 11) is 2.06. The van der Waals surface area contributed by atoms with Crippen LogP contribution < -0.4 is 0 Å². The standard InChI is InChI=1S/C14H22N6/c1-12-13(9-16-17-12)10-19-5-7-20(8-6-19)11-14-15-3-4-18(14)2/h3-4,9H,5-8,10-11H2,1-2H3,(H,16,17). The number of nitrogens with zero attached hydrogens (tertiary/aromatic N) is 5. The first-order chi connectivity index (χ1) is 9.72. The lowest BCUT2D eigenvalue weighted by Crippen LogP contribution is -2.45. The largest absolute Gasteiger partial charge is 0.337 e. The highest BCUT2D eigenvalue weighted by Gasteiger charge is 2.18. The minimum atomic E-state index is 0.947. The molecule has 0 spiro atoms. The van der Waals surface area contributed by atoms with Gasteiger partial charge in [0, 0.05) is 63.4 Å². The Morgan fingerprint density at radius 1 is 1.15 bits per heavy atom. The summed E-state index contributed by atoms with van der Waals surface area (Å²) in [6.45, 7) is 8.44. The molecule has 2 aromatic rings. The highest BCUT2D eigenvalue weighted by atomic mass is 15.3. The number of piperazine rings is 1. The minimum absolute atomic E-state index is 0.947. The predicted molar refractivity (Wildman–Crippen MR) is 77.1 cm³/mol. The summed E-state index contributed by atoms with van der Waals surface area (Å²) in [5, 5.41) is 7.09. The molecule has 0 atom stereocenters. The van der Waals surface area contributed by atoms with Crippen LogP contribution in [0.4, 0.5) is 0 Å². The summed E-state index contributed by atoms with van der Waals surface area (Å²) in [6, 6.07) is 0. The van der Waals surface area contributed by atoms with E-state index in [2.05, 4.69) is 43.5 Å². The molecule has 3 heterocycles. The second-order valence-corrected chi connectivity index (χ2v) is 5.53. The van der Waals surface area contributed by atoms with Crippen molar-refractivity contribution < 1.29 is 0 Å². The Morgan fingerprint density at radius 2 is 1.85 bits per heavy atom. The van der Waals surface area contributed by atoms with Gasteiger partial charge < -0.3 is 4.57 Å². The fourth-order valence-corrected chi connectivity index (χ4v) is 2.63. The second kappa shape index (κ2) is 5.76. The normalized spacial score (nSPS) is 17.7. The summed E-state index contributed by atoms with van der Waals surface area (Å²) >= 11 is 0. The molecule has 0 aromatic carbocycles. The van der Waals surface area contributed by atoms with E-state index in [-0.39, 0.29) is 0 Å². The lowest BCUT2D eigenvalue weighted by molar-refractivity contribution is 0.119. The van der Waals surface area contributed by atoms with E-state index in [1.807, 2.05) is 18.6 Å². The predicted octanol–water partition coefficient (Wildman–Crippen LogP) is 0.769. The van der Waals surface area contributed by atoms with Crippen LogP contribution in [0.1, 0.15) is 17.1 Å². The number of hydrogen-bond acceptors (Lipinski definition) is 4. The van der Waals surface area contributed by atoms with Crippen LogP contribution in [-0.4, -0.2) is 55.7 Å². The van der Waals surface area contributed by atoms with Crippen molar-refractivity contribution in [3.8, 4) is 0 Å². The van der Waals surface area contributed by atoms with E-state index in [1.54, 1.807) is 0 Å². The average molecular weight is 274 g/mol. The Kier molecular flexibility index (Phi) is 3.84. The van der Waals surface area contributed by atoms with Crippen LogP contribution in [0.2, 0.25) is 0 Å². The Balaban J connectivity index is 1.50. The van der Waals surface area contributed by atoms with Crippen LogP contribution in [0.25, 0.3) is 0 Å². The van der Waals surface area contributed by atoms with E-state index in [0.29, 0.717) is 0 Å². The third-order valence-electron chi connectivity index (χ3n) is 4.08. The van der Waals surface area contributed by atoms with Crippen LogP contribution in [0.3, 0.4) is 0 Å².